The maximum atomic E-state index is 12.1. The predicted molar refractivity (Wildman–Crippen MR) is 89.6 cm³/mol. The van der Waals surface area contributed by atoms with Gasteiger partial charge in [0.2, 0.25) is 5.91 Å². The summed E-state index contributed by atoms with van der Waals surface area (Å²) in [5.74, 6) is -0.0730. The minimum atomic E-state index is -0.330. The van der Waals surface area contributed by atoms with E-state index in [-0.39, 0.29) is 22.8 Å². The summed E-state index contributed by atoms with van der Waals surface area (Å²) in [4.78, 5) is 32.6. The van der Waals surface area contributed by atoms with Crippen molar-refractivity contribution in [2.24, 2.45) is 0 Å². The summed E-state index contributed by atoms with van der Waals surface area (Å²) in [7, 11) is 0. The van der Waals surface area contributed by atoms with E-state index in [4.69, 9.17) is 0 Å². The number of H-pyrrole nitrogens is 1. The zero-order valence-electron chi connectivity index (χ0n) is 13.5. The molecule has 23 heavy (non-hydrogen) atoms. The van der Waals surface area contributed by atoms with E-state index in [0.29, 0.717) is 17.4 Å². The third kappa shape index (κ3) is 5.96. The number of aliphatic hydroxyl groups excluding tert-OH is 1. The van der Waals surface area contributed by atoms with Crippen molar-refractivity contribution in [3.05, 3.63) is 22.1 Å². The molecule has 1 aromatic rings. The molecule has 8 heteroatoms. The Morgan fingerprint density at radius 1 is 1.57 bits per heavy atom. The Morgan fingerprint density at radius 2 is 2.26 bits per heavy atom. The summed E-state index contributed by atoms with van der Waals surface area (Å²) < 4.78 is 0. The van der Waals surface area contributed by atoms with Crippen LogP contribution >= 0.6 is 11.8 Å². The second-order valence-electron chi connectivity index (χ2n) is 5.82. The number of aromatic amines is 1. The molecule has 0 aliphatic carbocycles. The van der Waals surface area contributed by atoms with Crippen LogP contribution < -0.4 is 10.9 Å². The van der Waals surface area contributed by atoms with E-state index < -0.39 is 0 Å². The van der Waals surface area contributed by atoms with Crippen molar-refractivity contribution >= 4 is 17.7 Å². The summed E-state index contributed by atoms with van der Waals surface area (Å²) in [5.41, 5.74) is 0.427. The van der Waals surface area contributed by atoms with Gasteiger partial charge in [0.05, 0.1) is 11.4 Å². The van der Waals surface area contributed by atoms with Gasteiger partial charge in [-0.25, -0.2) is 4.98 Å². The molecule has 1 fully saturated rings. The molecule has 1 aliphatic rings. The van der Waals surface area contributed by atoms with Crippen molar-refractivity contribution in [1.29, 1.82) is 0 Å². The van der Waals surface area contributed by atoms with Gasteiger partial charge in [0.1, 0.15) is 0 Å². The van der Waals surface area contributed by atoms with Gasteiger partial charge in [-0.05, 0) is 26.7 Å². The Kier molecular flexibility index (Phi) is 6.61. The first-order valence-electron chi connectivity index (χ1n) is 7.87. The van der Waals surface area contributed by atoms with Crippen LogP contribution in [0.4, 0.5) is 0 Å². The first-order valence-corrected chi connectivity index (χ1v) is 8.75. The molecule has 0 aromatic carbocycles. The molecule has 0 radical (unpaired) electrons. The predicted octanol–water partition coefficient (Wildman–Crippen LogP) is 0.132. The number of hydrogen-bond acceptors (Lipinski definition) is 6. The third-order valence-electron chi connectivity index (χ3n) is 3.79. The van der Waals surface area contributed by atoms with Crippen LogP contribution in [0.15, 0.2) is 16.0 Å². The fourth-order valence-electron chi connectivity index (χ4n) is 2.45. The third-order valence-corrected chi connectivity index (χ3v) is 4.77. The lowest BCUT2D eigenvalue weighted by atomic mass is 10.1. The van der Waals surface area contributed by atoms with Crippen LogP contribution in [0, 0.1) is 6.92 Å². The summed E-state index contributed by atoms with van der Waals surface area (Å²) in [6.07, 6.45) is 1.42. The Labute approximate surface area is 139 Å². The van der Waals surface area contributed by atoms with Crippen LogP contribution in [0.3, 0.4) is 0 Å². The van der Waals surface area contributed by atoms with Crippen molar-refractivity contribution in [2.45, 2.75) is 43.2 Å². The van der Waals surface area contributed by atoms with Crippen LogP contribution in [0.25, 0.3) is 0 Å². The SMILES string of the molecule is Cc1cc(=O)[nH]c(S[C@@H](C)C(=O)NCCN2CCC(O)CC2)n1. The average molecular weight is 340 g/mol. The number of carbonyl (C=O) groups excluding carboxylic acids is 1. The van der Waals surface area contributed by atoms with Crippen molar-refractivity contribution in [1.82, 2.24) is 20.2 Å². The lowest BCUT2D eigenvalue weighted by Gasteiger charge is -2.29. The fraction of sp³-hybridized carbons (Fsp3) is 0.667. The van der Waals surface area contributed by atoms with E-state index in [1.165, 1.54) is 17.8 Å². The second-order valence-corrected chi connectivity index (χ2v) is 7.15. The van der Waals surface area contributed by atoms with E-state index in [1.54, 1.807) is 13.8 Å². The Balaban J connectivity index is 1.73. The molecule has 0 spiro atoms. The molecule has 7 nitrogen and oxygen atoms in total. The number of aromatic nitrogens is 2. The summed E-state index contributed by atoms with van der Waals surface area (Å²) in [6.45, 7) is 6.65. The highest BCUT2D eigenvalue weighted by atomic mass is 32.2. The molecule has 0 bridgehead atoms. The van der Waals surface area contributed by atoms with Gasteiger partial charge in [0.25, 0.3) is 5.56 Å². The van der Waals surface area contributed by atoms with Crippen molar-refractivity contribution < 1.29 is 9.90 Å². The van der Waals surface area contributed by atoms with Gasteiger partial charge in [0, 0.05) is 37.9 Å². The van der Waals surface area contributed by atoms with Crippen molar-refractivity contribution in [2.75, 3.05) is 26.2 Å². The van der Waals surface area contributed by atoms with Crippen LogP contribution in [0.1, 0.15) is 25.5 Å². The Morgan fingerprint density at radius 3 is 2.91 bits per heavy atom. The normalized spacial score (nSPS) is 17.9. The van der Waals surface area contributed by atoms with E-state index in [9.17, 15) is 14.7 Å². The molecule has 1 amide bonds. The number of hydrogen-bond donors (Lipinski definition) is 3. The van der Waals surface area contributed by atoms with E-state index in [0.717, 1.165) is 32.5 Å². The fourth-order valence-corrected chi connectivity index (χ4v) is 3.33. The topological polar surface area (TPSA) is 98.3 Å². The van der Waals surface area contributed by atoms with Gasteiger partial charge in [-0.2, -0.15) is 0 Å². The molecule has 2 rings (SSSR count). The largest absolute Gasteiger partial charge is 0.393 e. The smallest absolute Gasteiger partial charge is 0.251 e. The summed E-state index contributed by atoms with van der Waals surface area (Å²) in [6, 6.07) is 1.42. The lowest BCUT2D eigenvalue weighted by molar-refractivity contribution is -0.120. The molecule has 3 N–H and O–H groups in total. The molecule has 1 aromatic heterocycles. The molecule has 1 saturated heterocycles. The minimum absolute atomic E-state index is 0.0730. The van der Waals surface area contributed by atoms with Crippen LogP contribution in [-0.4, -0.2) is 63.4 Å². The highest BCUT2D eigenvalue weighted by molar-refractivity contribution is 8.00. The zero-order chi connectivity index (χ0) is 16.8. The summed E-state index contributed by atoms with van der Waals surface area (Å²) in [5, 5.41) is 12.5. The maximum absolute atomic E-state index is 12.1. The van der Waals surface area contributed by atoms with Gasteiger partial charge >= 0.3 is 0 Å². The quantitative estimate of drug-likeness (QED) is 0.503. The number of rotatable bonds is 6. The highest BCUT2D eigenvalue weighted by Crippen LogP contribution is 2.18. The van der Waals surface area contributed by atoms with Crippen LogP contribution in [0.5, 0.6) is 0 Å². The van der Waals surface area contributed by atoms with Crippen LogP contribution in [-0.2, 0) is 4.79 Å². The molecule has 1 atom stereocenters. The number of aryl methyl sites for hydroxylation is 1. The first-order chi connectivity index (χ1) is 10.9. The second kappa shape index (κ2) is 8.47. The molecule has 0 saturated carbocycles. The van der Waals surface area contributed by atoms with Crippen molar-refractivity contribution in [3.8, 4) is 0 Å². The zero-order valence-corrected chi connectivity index (χ0v) is 14.4. The monoisotopic (exact) mass is 340 g/mol. The maximum Gasteiger partial charge on any atom is 0.251 e. The highest BCUT2D eigenvalue weighted by Gasteiger charge is 2.18. The number of thioether (sulfide) groups is 1. The van der Waals surface area contributed by atoms with E-state index in [2.05, 4.69) is 20.2 Å². The molecule has 0 unspecified atom stereocenters. The molecule has 2 heterocycles. The number of amides is 1. The van der Waals surface area contributed by atoms with Gasteiger partial charge in [0.15, 0.2) is 5.16 Å². The van der Waals surface area contributed by atoms with E-state index in [1.807, 2.05) is 0 Å². The average Bonchev–Trinajstić information content (AvgIpc) is 2.48. The number of likely N-dealkylation sites (tertiary alicyclic amines) is 1. The Hall–Kier alpha value is -1.38. The standard InChI is InChI=1S/C15H24N4O3S/c1-10-9-13(21)18-15(17-10)23-11(2)14(22)16-5-8-19-6-3-12(20)4-7-19/h9,11-12,20H,3-8H2,1-2H3,(H,16,22)(H,17,18,21)/t11-/m0/s1. The van der Waals surface area contributed by atoms with Gasteiger partial charge in [-0.3, -0.25) is 9.59 Å². The number of nitrogens with zero attached hydrogens (tertiary/aromatic N) is 2. The summed E-state index contributed by atoms with van der Waals surface area (Å²) >= 11 is 1.24. The van der Waals surface area contributed by atoms with Gasteiger partial charge in [-0.1, -0.05) is 11.8 Å². The first kappa shape index (κ1) is 18.0. The number of piperidine rings is 1. The minimum Gasteiger partial charge on any atom is -0.393 e. The van der Waals surface area contributed by atoms with Crippen LogP contribution in [0.2, 0.25) is 0 Å². The van der Waals surface area contributed by atoms with E-state index >= 15 is 0 Å². The lowest BCUT2D eigenvalue weighted by Crippen LogP contribution is -2.42. The molecular weight excluding hydrogens is 316 g/mol. The number of nitrogens with one attached hydrogen (secondary N) is 2. The molecule has 128 valence electrons. The molecule has 1 aliphatic heterocycles. The number of aliphatic hydroxyl groups is 1. The van der Waals surface area contributed by atoms with Gasteiger partial charge < -0.3 is 20.3 Å². The number of carbonyl (C=O) groups is 1. The van der Waals surface area contributed by atoms with Crippen molar-refractivity contribution in [3.63, 3.8) is 0 Å². The Bertz CT molecular complexity index is 584. The molecular formula is C15H24N4O3S. The van der Waals surface area contributed by atoms with Gasteiger partial charge in [-0.15, -0.1) is 0 Å².